The van der Waals surface area contributed by atoms with Crippen LogP contribution in [0.1, 0.15) is 33.1 Å². The zero-order valence-corrected chi connectivity index (χ0v) is 10.1. The molecule has 0 radical (unpaired) electrons. The van der Waals surface area contributed by atoms with Crippen molar-refractivity contribution in [2.45, 2.75) is 39.2 Å². The van der Waals surface area contributed by atoms with Gasteiger partial charge in [-0.1, -0.05) is 19.8 Å². The molecule has 0 saturated heterocycles. The van der Waals surface area contributed by atoms with Crippen molar-refractivity contribution in [3.05, 3.63) is 0 Å². The van der Waals surface area contributed by atoms with Gasteiger partial charge in [-0.15, -0.1) is 0 Å². The van der Waals surface area contributed by atoms with Crippen LogP contribution in [0.4, 0.5) is 0 Å². The van der Waals surface area contributed by atoms with E-state index < -0.39 is 0 Å². The molecule has 0 saturated carbocycles. The van der Waals surface area contributed by atoms with Gasteiger partial charge in [0, 0.05) is 12.6 Å². The molecule has 0 heterocycles. The first kappa shape index (κ1) is 12.9. The van der Waals surface area contributed by atoms with Crippen LogP contribution in [0.2, 0.25) is 0 Å². The summed E-state index contributed by atoms with van der Waals surface area (Å²) in [5.41, 5.74) is 0. The standard InChI is InChI=1S/C11H27N2/c1-6-7-8-11(2)12-9-10-13(3,4)5/h11-12H,6-10H2,1-5H3/q+1. The van der Waals surface area contributed by atoms with E-state index in [1.807, 2.05) is 0 Å². The van der Waals surface area contributed by atoms with Gasteiger partial charge in [0.25, 0.3) is 0 Å². The fourth-order valence-electron chi connectivity index (χ4n) is 1.26. The Kier molecular flexibility index (Phi) is 6.35. The van der Waals surface area contributed by atoms with Gasteiger partial charge < -0.3 is 9.80 Å². The molecule has 0 aliphatic carbocycles. The molecule has 0 spiro atoms. The van der Waals surface area contributed by atoms with Gasteiger partial charge in [0.1, 0.15) is 0 Å². The molecule has 0 rings (SSSR count). The van der Waals surface area contributed by atoms with Gasteiger partial charge in [-0.05, 0) is 13.3 Å². The molecule has 0 aromatic heterocycles. The second kappa shape index (κ2) is 6.39. The van der Waals surface area contributed by atoms with Crippen molar-refractivity contribution in [1.82, 2.24) is 5.32 Å². The molecule has 13 heavy (non-hydrogen) atoms. The second-order valence-corrected chi connectivity index (χ2v) is 5.01. The number of nitrogens with zero attached hydrogens (tertiary/aromatic N) is 1. The molecule has 0 aliphatic rings. The Morgan fingerprint density at radius 2 is 1.85 bits per heavy atom. The van der Waals surface area contributed by atoms with Crippen molar-refractivity contribution in [3.8, 4) is 0 Å². The van der Waals surface area contributed by atoms with Crippen molar-refractivity contribution in [1.29, 1.82) is 0 Å². The lowest BCUT2D eigenvalue weighted by atomic mass is 10.1. The molecule has 1 N–H and O–H groups in total. The highest BCUT2D eigenvalue weighted by Gasteiger charge is 2.07. The van der Waals surface area contributed by atoms with E-state index in [-0.39, 0.29) is 0 Å². The molecular formula is C11H27N2+. The fraction of sp³-hybridized carbons (Fsp3) is 1.00. The van der Waals surface area contributed by atoms with Crippen molar-refractivity contribution in [2.24, 2.45) is 0 Å². The Bertz CT molecular complexity index is 116. The zero-order chi connectivity index (χ0) is 10.3. The highest BCUT2D eigenvalue weighted by Crippen LogP contribution is 1.99. The van der Waals surface area contributed by atoms with Gasteiger partial charge in [-0.3, -0.25) is 0 Å². The summed E-state index contributed by atoms with van der Waals surface area (Å²) in [6, 6.07) is 0.687. The highest BCUT2D eigenvalue weighted by molar-refractivity contribution is 4.59. The summed E-state index contributed by atoms with van der Waals surface area (Å²) in [4.78, 5) is 0. The van der Waals surface area contributed by atoms with E-state index in [4.69, 9.17) is 0 Å². The van der Waals surface area contributed by atoms with Gasteiger partial charge in [0.2, 0.25) is 0 Å². The normalized spacial score (nSPS) is 14.5. The molecule has 0 amide bonds. The third-order valence-corrected chi connectivity index (χ3v) is 2.27. The van der Waals surface area contributed by atoms with E-state index in [1.54, 1.807) is 0 Å². The van der Waals surface area contributed by atoms with Crippen LogP contribution in [0.15, 0.2) is 0 Å². The monoisotopic (exact) mass is 187 g/mol. The van der Waals surface area contributed by atoms with Crippen LogP contribution in [0.25, 0.3) is 0 Å². The minimum Gasteiger partial charge on any atom is -0.330 e. The summed E-state index contributed by atoms with van der Waals surface area (Å²) < 4.78 is 1.05. The van der Waals surface area contributed by atoms with Gasteiger partial charge in [0.15, 0.2) is 0 Å². The summed E-state index contributed by atoms with van der Waals surface area (Å²) >= 11 is 0. The number of rotatable bonds is 7. The molecule has 1 atom stereocenters. The van der Waals surface area contributed by atoms with Crippen LogP contribution >= 0.6 is 0 Å². The van der Waals surface area contributed by atoms with Crippen LogP contribution in [0.3, 0.4) is 0 Å². The van der Waals surface area contributed by atoms with Crippen molar-refractivity contribution >= 4 is 0 Å². The lowest BCUT2D eigenvalue weighted by molar-refractivity contribution is -0.869. The largest absolute Gasteiger partial charge is 0.330 e. The quantitative estimate of drug-likeness (QED) is 0.600. The predicted octanol–water partition coefficient (Wildman–Crippen LogP) is 1.86. The van der Waals surface area contributed by atoms with Gasteiger partial charge >= 0.3 is 0 Å². The highest BCUT2D eigenvalue weighted by atomic mass is 15.3. The molecule has 80 valence electrons. The number of hydrogen-bond donors (Lipinski definition) is 1. The number of nitrogens with one attached hydrogen (secondary N) is 1. The van der Waals surface area contributed by atoms with Crippen LogP contribution in [-0.2, 0) is 0 Å². The number of likely N-dealkylation sites (N-methyl/N-ethyl adjacent to an activating group) is 1. The van der Waals surface area contributed by atoms with E-state index in [2.05, 4.69) is 40.3 Å². The summed E-state index contributed by atoms with van der Waals surface area (Å²) in [5, 5.41) is 3.56. The Morgan fingerprint density at radius 3 is 2.31 bits per heavy atom. The third-order valence-electron chi connectivity index (χ3n) is 2.27. The van der Waals surface area contributed by atoms with Gasteiger partial charge in [-0.2, -0.15) is 0 Å². The summed E-state index contributed by atoms with van der Waals surface area (Å²) in [7, 11) is 6.70. The van der Waals surface area contributed by atoms with E-state index in [1.165, 1.54) is 25.8 Å². The van der Waals surface area contributed by atoms with Gasteiger partial charge in [-0.25, -0.2) is 0 Å². The van der Waals surface area contributed by atoms with E-state index in [9.17, 15) is 0 Å². The van der Waals surface area contributed by atoms with Crippen molar-refractivity contribution in [3.63, 3.8) is 0 Å². The first-order chi connectivity index (χ1) is 5.95. The predicted molar refractivity (Wildman–Crippen MR) is 59.9 cm³/mol. The third kappa shape index (κ3) is 9.84. The molecule has 0 aromatic rings. The number of hydrogen-bond acceptors (Lipinski definition) is 1. The molecule has 2 heteroatoms. The SMILES string of the molecule is CCCCC(C)NCC[N+](C)(C)C. The number of unbranched alkanes of at least 4 members (excludes halogenated alkanes) is 1. The molecule has 1 unspecified atom stereocenters. The minimum absolute atomic E-state index is 0.687. The molecule has 0 bridgehead atoms. The topological polar surface area (TPSA) is 12.0 Å². The second-order valence-electron chi connectivity index (χ2n) is 5.01. The van der Waals surface area contributed by atoms with Crippen LogP contribution in [-0.4, -0.2) is 44.8 Å². The summed E-state index contributed by atoms with van der Waals surface area (Å²) in [6.07, 6.45) is 3.97. The first-order valence-electron chi connectivity index (χ1n) is 5.49. The van der Waals surface area contributed by atoms with Crippen LogP contribution in [0, 0.1) is 0 Å². The Labute approximate surface area is 83.9 Å². The minimum atomic E-state index is 0.687. The molecular weight excluding hydrogens is 160 g/mol. The average Bonchev–Trinajstić information content (AvgIpc) is 1.98. The first-order valence-corrected chi connectivity index (χ1v) is 5.49. The van der Waals surface area contributed by atoms with E-state index >= 15 is 0 Å². The van der Waals surface area contributed by atoms with Crippen LogP contribution in [0.5, 0.6) is 0 Å². The number of quaternary nitrogens is 1. The van der Waals surface area contributed by atoms with Crippen LogP contribution < -0.4 is 5.32 Å². The molecule has 0 fully saturated rings. The van der Waals surface area contributed by atoms with Gasteiger partial charge in [0.05, 0.1) is 27.7 Å². The average molecular weight is 187 g/mol. The summed E-state index contributed by atoms with van der Waals surface area (Å²) in [5.74, 6) is 0. The maximum Gasteiger partial charge on any atom is 0.0907 e. The zero-order valence-electron chi connectivity index (χ0n) is 10.1. The maximum absolute atomic E-state index is 3.56. The molecule has 2 nitrogen and oxygen atoms in total. The Hall–Kier alpha value is -0.0800. The maximum atomic E-state index is 3.56. The Morgan fingerprint density at radius 1 is 1.23 bits per heavy atom. The van der Waals surface area contributed by atoms with E-state index in [0.29, 0.717) is 6.04 Å². The van der Waals surface area contributed by atoms with Crippen molar-refractivity contribution in [2.75, 3.05) is 34.2 Å². The molecule has 0 aromatic carbocycles. The lowest BCUT2D eigenvalue weighted by Crippen LogP contribution is -2.42. The van der Waals surface area contributed by atoms with Crippen molar-refractivity contribution < 1.29 is 4.48 Å². The van der Waals surface area contributed by atoms with E-state index in [0.717, 1.165) is 11.0 Å². The fourth-order valence-corrected chi connectivity index (χ4v) is 1.26. The smallest absolute Gasteiger partial charge is 0.0907 e. The lowest BCUT2D eigenvalue weighted by Gasteiger charge is -2.25. The Balaban J connectivity index is 3.31. The molecule has 0 aliphatic heterocycles. The summed E-state index contributed by atoms with van der Waals surface area (Å²) in [6.45, 7) is 6.87.